The fraction of sp³-hybridized carbons (Fsp3) is 0.208. The summed E-state index contributed by atoms with van der Waals surface area (Å²) in [6.45, 7) is 2.22. The van der Waals surface area contributed by atoms with E-state index in [4.69, 9.17) is 21.1 Å². The first kappa shape index (κ1) is 23.3. The molecule has 0 saturated heterocycles. The number of nitrogens with one attached hydrogen (secondary N) is 1. The first-order valence-electron chi connectivity index (χ1n) is 10.5. The van der Waals surface area contributed by atoms with E-state index < -0.39 is 18.0 Å². The highest BCUT2D eigenvalue weighted by Gasteiger charge is 2.28. The largest absolute Gasteiger partial charge is 0.475 e. The predicted octanol–water partition coefficient (Wildman–Crippen LogP) is 5.66. The molecule has 0 radical (unpaired) electrons. The number of aliphatic hydroxyl groups excluding tert-OH is 1. The molecule has 1 aliphatic rings. The SMILES string of the molecule is C[C@@H](O)COc1ccc2c3c(c(-c4ccc(F)c5sc(NC(=O)O)c(C#N)c45)c(Cl)c2n1)COC3. The summed E-state index contributed by atoms with van der Waals surface area (Å²) in [6, 6.07) is 8.30. The van der Waals surface area contributed by atoms with Gasteiger partial charge in [0.05, 0.1) is 40.1 Å². The molecule has 0 bridgehead atoms. The number of amides is 1. The number of nitrogens with zero attached hydrogens (tertiary/aromatic N) is 2. The summed E-state index contributed by atoms with van der Waals surface area (Å²) in [5, 5.41) is 32.1. The number of rotatable bonds is 5. The van der Waals surface area contributed by atoms with E-state index in [-0.39, 0.29) is 44.8 Å². The van der Waals surface area contributed by atoms with Gasteiger partial charge in [-0.3, -0.25) is 5.32 Å². The minimum Gasteiger partial charge on any atom is -0.475 e. The van der Waals surface area contributed by atoms with E-state index in [0.717, 1.165) is 27.8 Å². The van der Waals surface area contributed by atoms with Crippen molar-refractivity contribution in [2.24, 2.45) is 0 Å². The van der Waals surface area contributed by atoms with Crippen molar-refractivity contribution in [2.45, 2.75) is 26.2 Å². The zero-order valence-electron chi connectivity index (χ0n) is 18.2. The second-order valence-electron chi connectivity index (χ2n) is 7.99. The van der Waals surface area contributed by atoms with E-state index in [1.165, 1.54) is 12.1 Å². The minimum atomic E-state index is -1.36. The summed E-state index contributed by atoms with van der Waals surface area (Å²) >= 11 is 7.76. The second kappa shape index (κ2) is 8.94. The Labute approximate surface area is 207 Å². The van der Waals surface area contributed by atoms with Crippen molar-refractivity contribution in [3.8, 4) is 23.1 Å². The minimum absolute atomic E-state index is 0.00713. The van der Waals surface area contributed by atoms with Crippen LogP contribution < -0.4 is 10.1 Å². The molecule has 2 aromatic heterocycles. The first-order valence-corrected chi connectivity index (χ1v) is 11.7. The molecular weight excluding hydrogens is 497 g/mol. The van der Waals surface area contributed by atoms with Gasteiger partial charge in [0.1, 0.15) is 23.5 Å². The van der Waals surface area contributed by atoms with E-state index in [2.05, 4.69) is 10.3 Å². The number of fused-ring (bicyclic) bond motifs is 4. The number of thiophene rings is 1. The van der Waals surface area contributed by atoms with Crippen molar-refractivity contribution in [3.63, 3.8) is 0 Å². The summed E-state index contributed by atoms with van der Waals surface area (Å²) in [6.07, 6.45) is -2.04. The number of anilines is 1. The van der Waals surface area contributed by atoms with Crippen LogP contribution in [0.3, 0.4) is 0 Å². The summed E-state index contributed by atoms with van der Waals surface area (Å²) in [4.78, 5) is 15.8. The third-order valence-electron chi connectivity index (χ3n) is 5.65. The van der Waals surface area contributed by atoms with Crippen LogP contribution in [0.15, 0.2) is 24.3 Å². The zero-order chi connectivity index (χ0) is 24.9. The standard InChI is InChI=1S/C24H17ClFN3O5S/c1-10(30)7-34-17-5-3-11-14-8-33-9-15(14)18(20(25)21(11)28-17)12-2-4-16(26)22-19(12)13(6-27)23(35-22)29-24(31)32/h2-5,10,29-30H,7-9H2,1H3,(H,31,32)/t10-/m1/s1. The summed E-state index contributed by atoms with van der Waals surface area (Å²) in [7, 11) is 0. The number of hydrogen-bond donors (Lipinski definition) is 3. The second-order valence-corrected chi connectivity index (χ2v) is 9.39. The lowest BCUT2D eigenvalue weighted by molar-refractivity contribution is 0.120. The molecule has 0 saturated carbocycles. The lowest BCUT2D eigenvalue weighted by Gasteiger charge is -2.16. The normalized spacial score (nSPS) is 13.6. The molecule has 178 valence electrons. The molecule has 1 amide bonds. The molecule has 0 aliphatic carbocycles. The number of benzene rings is 2. The van der Waals surface area contributed by atoms with Gasteiger partial charge in [-0.2, -0.15) is 5.26 Å². The third-order valence-corrected chi connectivity index (χ3v) is 7.13. The van der Waals surface area contributed by atoms with Crippen LogP contribution in [-0.4, -0.2) is 34.0 Å². The van der Waals surface area contributed by atoms with Gasteiger partial charge in [0.25, 0.3) is 0 Å². The summed E-state index contributed by atoms with van der Waals surface area (Å²) in [5.74, 6) is -0.309. The number of carboxylic acid groups (broad SMARTS) is 1. The van der Waals surface area contributed by atoms with E-state index in [0.29, 0.717) is 23.3 Å². The molecule has 0 fully saturated rings. The van der Waals surface area contributed by atoms with Crippen LogP contribution in [0, 0.1) is 17.1 Å². The predicted molar refractivity (Wildman–Crippen MR) is 130 cm³/mol. The van der Waals surface area contributed by atoms with Crippen LogP contribution >= 0.6 is 22.9 Å². The van der Waals surface area contributed by atoms with E-state index in [1.807, 2.05) is 12.1 Å². The van der Waals surface area contributed by atoms with E-state index in [9.17, 15) is 24.7 Å². The summed E-state index contributed by atoms with van der Waals surface area (Å²) in [5.41, 5.74) is 3.10. The maximum atomic E-state index is 14.8. The molecule has 3 heterocycles. The van der Waals surface area contributed by atoms with E-state index in [1.54, 1.807) is 13.0 Å². The molecule has 0 spiro atoms. The van der Waals surface area contributed by atoms with Crippen molar-refractivity contribution in [1.82, 2.24) is 4.98 Å². The number of carbonyl (C=O) groups is 1. The Balaban J connectivity index is 1.82. The number of aliphatic hydroxyl groups is 1. The smallest absolute Gasteiger partial charge is 0.409 e. The maximum absolute atomic E-state index is 14.8. The fourth-order valence-corrected chi connectivity index (χ4v) is 5.67. The number of hydrogen-bond acceptors (Lipinski definition) is 7. The Bertz CT molecular complexity index is 1560. The van der Waals surface area contributed by atoms with Crippen LogP contribution in [-0.2, 0) is 18.0 Å². The van der Waals surface area contributed by atoms with Crippen molar-refractivity contribution in [3.05, 3.63) is 51.8 Å². The number of halogens is 2. The zero-order valence-corrected chi connectivity index (χ0v) is 19.8. The Morgan fingerprint density at radius 2 is 2.14 bits per heavy atom. The van der Waals surface area contributed by atoms with Crippen molar-refractivity contribution in [1.29, 1.82) is 5.26 Å². The molecule has 2 aromatic carbocycles. The van der Waals surface area contributed by atoms with Crippen molar-refractivity contribution < 1.29 is 28.9 Å². The van der Waals surface area contributed by atoms with Crippen LogP contribution in [0.1, 0.15) is 23.6 Å². The Hall–Kier alpha value is -3.49. The lowest BCUT2D eigenvalue weighted by Crippen LogP contribution is -2.13. The van der Waals surface area contributed by atoms with Gasteiger partial charge in [0, 0.05) is 22.4 Å². The Morgan fingerprint density at radius 3 is 2.86 bits per heavy atom. The van der Waals surface area contributed by atoms with Crippen LogP contribution in [0.2, 0.25) is 5.02 Å². The Kier molecular flexibility index (Phi) is 5.94. The molecule has 3 N–H and O–H groups in total. The van der Waals surface area contributed by atoms with Gasteiger partial charge < -0.3 is 19.7 Å². The molecule has 8 nitrogen and oxygen atoms in total. The highest BCUT2D eigenvalue weighted by atomic mass is 35.5. The molecule has 1 atom stereocenters. The van der Waals surface area contributed by atoms with Crippen molar-refractivity contribution in [2.75, 3.05) is 11.9 Å². The molecule has 1 aliphatic heterocycles. The molecule has 35 heavy (non-hydrogen) atoms. The highest BCUT2D eigenvalue weighted by molar-refractivity contribution is 7.23. The van der Waals surface area contributed by atoms with E-state index >= 15 is 0 Å². The maximum Gasteiger partial charge on any atom is 0.409 e. The number of ether oxygens (including phenoxy) is 2. The van der Waals surface area contributed by atoms with Gasteiger partial charge in [-0.1, -0.05) is 17.7 Å². The quantitative estimate of drug-likeness (QED) is 0.314. The average molecular weight is 514 g/mol. The molecule has 0 unspecified atom stereocenters. The number of nitriles is 1. The van der Waals surface area contributed by atoms with Crippen LogP contribution in [0.25, 0.3) is 32.1 Å². The van der Waals surface area contributed by atoms with Gasteiger partial charge in [-0.25, -0.2) is 14.2 Å². The molecule has 11 heteroatoms. The van der Waals surface area contributed by atoms with Gasteiger partial charge >= 0.3 is 6.09 Å². The topological polar surface area (TPSA) is 125 Å². The molecule has 5 rings (SSSR count). The first-order chi connectivity index (χ1) is 16.8. The third kappa shape index (κ3) is 3.92. The average Bonchev–Trinajstić information content (AvgIpc) is 3.44. The van der Waals surface area contributed by atoms with Gasteiger partial charge in [0.2, 0.25) is 5.88 Å². The Morgan fingerprint density at radius 1 is 1.37 bits per heavy atom. The highest BCUT2D eigenvalue weighted by Crippen LogP contribution is 2.48. The van der Waals surface area contributed by atoms with Gasteiger partial charge in [-0.15, -0.1) is 11.3 Å². The fourth-order valence-electron chi connectivity index (χ4n) is 4.23. The van der Waals surface area contributed by atoms with Crippen LogP contribution in [0.4, 0.5) is 14.2 Å². The van der Waals surface area contributed by atoms with Gasteiger partial charge in [0.15, 0.2) is 0 Å². The van der Waals surface area contributed by atoms with Gasteiger partial charge in [-0.05, 0) is 35.7 Å². The van der Waals surface area contributed by atoms with Crippen molar-refractivity contribution >= 4 is 55.0 Å². The molecular formula is C24H17ClFN3O5S. The molecule has 4 aromatic rings. The number of pyridine rings is 1. The van der Waals surface area contributed by atoms with Crippen LogP contribution in [0.5, 0.6) is 5.88 Å². The number of aromatic nitrogens is 1. The monoisotopic (exact) mass is 513 g/mol. The summed E-state index contributed by atoms with van der Waals surface area (Å²) < 4.78 is 26.2. The lowest BCUT2D eigenvalue weighted by atomic mass is 9.91.